The molecular formula is C40H36IrN2OSi-2. The number of benzene rings is 4. The smallest absolute Gasteiger partial charge is 0.121 e. The molecule has 0 spiro atoms. The average molecular weight is 781 g/mol. The van der Waals surface area contributed by atoms with Crippen molar-refractivity contribution in [3.05, 3.63) is 139 Å². The summed E-state index contributed by atoms with van der Waals surface area (Å²) in [6.07, 6.45) is 3.88. The predicted molar refractivity (Wildman–Crippen MR) is 187 cm³/mol. The van der Waals surface area contributed by atoms with Crippen LogP contribution in [0.4, 0.5) is 0 Å². The van der Waals surface area contributed by atoms with Gasteiger partial charge >= 0.3 is 0 Å². The zero-order valence-electron chi connectivity index (χ0n) is 26.3. The van der Waals surface area contributed by atoms with Gasteiger partial charge in [-0.25, -0.2) is 0 Å². The molecule has 3 aromatic heterocycles. The molecule has 0 unspecified atom stereocenters. The molecule has 0 N–H and O–H groups in total. The topological polar surface area (TPSA) is 38.9 Å². The molecule has 0 aliphatic heterocycles. The third kappa shape index (κ3) is 7.07. The second-order valence-corrected chi connectivity index (χ2v) is 17.4. The van der Waals surface area contributed by atoms with Gasteiger partial charge in [0.15, 0.2) is 0 Å². The molecule has 0 atom stereocenters. The molecule has 5 heteroatoms. The summed E-state index contributed by atoms with van der Waals surface area (Å²) >= 11 is 0. The summed E-state index contributed by atoms with van der Waals surface area (Å²) in [7, 11) is -1.34. The second-order valence-electron chi connectivity index (χ2n) is 12.3. The van der Waals surface area contributed by atoms with Gasteiger partial charge in [0.2, 0.25) is 0 Å². The van der Waals surface area contributed by atoms with E-state index in [2.05, 4.69) is 110 Å². The van der Waals surface area contributed by atoms with Crippen LogP contribution in [0.1, 0.15) is 25.3 Å². The largest absolute Gasteiger partial charge is 0.501 e. The third-order valence-electron chi connectivity index (χ3n) is 7.81. The number of furan rings is 1. The zero-order chi connectivity index (χ0) is 30.7. The summed E-state index contributed by atoms with van der Waals surface area (Å²) in [6, 6.07) is 43.4. The fraction of sp³-hybridized carbons (Fsp3) is 0.150. The standard InChI is InChI=1S/C23H14NO.C17H22NSi.Ir/c1-2-7-16(8-3-1)17-12-13-18-19-9-6-10-20(21-11-4-5-14-24-21)23(19)25-22(18)15-17;1-13(2)15-11-16(14-9-7-6-8-10-14)18-12-17(15)19(3,4)5;/h1-9,11-15H;6-9,11-13H,1-5H3;/q2*-1;. The van der Waals surface area contributed by atoms with E-state index in [1.165, 1.54) is 16.3 Å². The fourth-order valence-electron chi connectivity index (χ4n) is 5.53. The van der Waals surface area contributed by atoms with Gasteiger partial charge in [0.05, 0.1) is 13.7 Å². The van der Waals surface area contributed by atoms with Gasteiger partial charge in [-0.1, -0.05) is 111 Å². The molecule has 227 valence electrons. The molecule has 0 saturated carbocycles. The molecule has 0 amide bonds. The molecule has 3 heterocycles. The van der Waals surface area contributed by atoms with E-state index >= 15 is 0 Å². The van der Waals surface area contributed by atoms with E-state index in [1.807, 2.05) is 60.7 Å². The van der Waals surface area contributed by atoms with E-state index in [-0.39, 0.29) is 20.1 Å². The first-order valence-corrected chi connectivity index (χ1v) is 18.6. The maximum Gasteiger partial charge on any atom is 0.121 e. The SMILES string of the molecule is CC(C)c1cc(-c2[c-]cccc2)ncc1[Si](C)(C)C.[Ir].[c-]1ccc2c(oc3cc(-c4ccccc4)ccc32)c1-c1ccccn1. The summed E-state index contributed by atoms with van der Waals surface area (Å²) in [5.74, 6) is 0.534. The maximum absolute atomic E-state index is 6.23. The molecule has 0 fully saturated rings. The minimum absolute atomic E-state index is 0. The molecule has 0 aliphatic rings. The molecule has 0 aliphatic carbocycles. The van der Waals surface area contributed by atoms with Crippen molar-refractivity contribution in [1.29, 1.82) is 0 Å². The molecule has 0 bridgehead atoms. The summed E-state index contributed by atoms with van der Waals surface area (Å²) in [5.41, 5.74) is 9.37. The Morgan fingerprint density at radius 1 is 0.689 bits per heavy atom. The first-order valence-electron chi connectivity index (χ1n) is 15.1. The van der Waals surface area contributed by atoms with Crippen LogP contribution in [0.25, 0.3) is 55.6 Å². The molecule has 1 radical (unpaired) electrons. The Labute approximate surface area is 280 Å². The van der Waals surface area contributed by atoms with Crippen LogP contribution in [0.15, 0.2) is 126 Å². The van der Waals surface area contributed by atoms with Gasteiger partial charge in [0.25, 0.3) is 0 Å². The minimum Gasteiger partial charge on any atom is -0.501 e. The van der Waals surface area contributed by atoms with Gasteiger partial charge in [-0.05, 0) is 45.8 Å². The average Bonchev–Trinajstić information content (AvgIpc) is 3.44. The Balaban J connectivity index is 0.000000181. The number of hydrogen-bond donors (Lipinski definition) is 0. The summed E-state index contributed by atoms with van der Waals surface area (Å²) < 4.78 is 6.23. The van der Waals surface area contributed by atoms with Crippen molar-refractivity contribution in [1.82, 2.24) is 9.97 Å². The molecule has 3 nitrogen and oxygen atoms in total. The van der Waals surface area contributed by atoms with Crippen molar-refractivity contribution in [2.45, 2.75) is 39.4 Å². The summed E-state index contributed by atoms with van der Waals surface area (Å²) in [4.78, 5) is 9.11. The van der Waals surface area contributed by atoms with E-state index in [1.54, 1.807) is 6.20 Å². The van der Waals surface area contributed by atoms with Crippen molar-refractivity contribution >= 4 is 35.2 Å². The van der Waals surface area contributed by atoms with E-state index < -0.39 is 8.07 Å². The number of fused-ring (bicyclic) bond motifs is 3. The number of aromatic nitrogens is 2. The number of hydrogen-bond acceptors (Lipinski definition) is 3. The van der Waals surface area contributed by atoms with Crippen LogP contribution in [-0.4, -0.2) is 18.0 Å². The normalized spacial score (nSPS) is 11.2. The van der Waals surface area contributed by atoms with Crippen LogP contribution in [0, 0.1) is 12.1 Å². The zero-order valence-corrected chi connectivity index (χ0v) is 29.7. The molecule has 7 rings (SSSR count). The Kier molecular flexibility index (Phi) is 9.94. The van der Waals surface area contributed by atoms with Gasteiger partial charge < -0.3 is 14.4 Å². The van der Waals surface area contributed by atoms with Gasteiger partial charge in [-0.2, -0.15) is 0 Å². The van der Waals surface area contributed by atoms with Crippen molar-refractivity contribution in [3.63, 3.8) is 0 Å². The number of pyridine rings is 2. The number of rotatable bonds is 5. The maximum atomic E-state index is 6.23. The van der Waals surface area contributed by atoms with Crippen LogP contribution < -0.4 is 5.19 Å². The van der Waals surface area contributed by atoms with E-state index in [0.717, 1.165) is 50.0 Å². The van der Waals surface area contributed by atoms with Gasteiger partial charge in [-0.3, -0.25) is 0 Å². The predicted octanol–water partition coefficient (Wildman–Crippen LogP) is 10.3. The second kappa shape index (κ2) is 13.9. The van der Waals surface area contributed by atoms with Crippen LogP contribution >= 0.6 is 0 Å². The van der Waals surface area contributed by atoms with Gasteiger partial charge in [0, 0.05) is 37.9 Å². The number of nitrogens with zero attached hydrogens (tertiary/aromatic N) is 2. The van der Waals surface area contributed by atoms with E-state index in [4.69, 9.17) is 4.42 Å². The van der Waals surface area contributed by atoms with E-state index in [9.17, 15) is 0 Å². The molecular weight excluding hydrogens is 745 g/mol. The quantitative estimate of drug-likeness (QED) is 0.129. The van der Waals surface area contributed by atoms with Crippen LogP contribution in [0.3, 0.4) is 0 Å². The molecule has 4 aromatic carbocycles. The van der Waals surface area contributed by atoms with Crippen molar-refractivity contribution in [3.8, 4) is 33.6 Å². The molecule has 7 aromatic rings. The monoisotopic (exact) mass is 781 g/mol. The Morgan fingerprint density at radius 2 is 1.47 bits per heavy atom. The Hall–Kier alpha value is -4.15. The first-order chi connectivity index (χ1) is 21.3. The fourth-order valence-corrected chi connectivity index (χ4v) is 7.21. The molecule has 45 heavy (non-hydrogen) atoms. The van der Waals surface area contributed by atoms with Crippen molar-refractivity contribution < 1.29 is 24.5 Å². The summed E-state index contributed by atoms with van der Waals surface area (Å²) in [6.45, 7) is 11.7. The Morgan fingerprint density at radius 3 is 2.16 bits per heavy atom. The van der Waals surface area contributed by atoms with E-state index in [0.29, 0.717) is 5.92 Å². The van der Waals surface area contributed by atoms with Crippen molar-refractivity contribution in [2.24, 2.45) is 0 Å². The van der Waals surface area contributed by atoms with Crippen molar-refractivity contribution in [2.75, 3.05) is 0 Å². The first kappa shape index (κ1) is 32.2. The van der Waals surface area contributed by atoms with Crippen LogP contribution in [0.5, 0.6) is 0 Å². The Bertz CT molecular complexity index is 2020. The van der Waals surface area contributed by atoms with Crippen LogP contribution in [-0.2, 0) is 20.1 Å². The van der Waals surface area contributed by atoms with Gasteiger partial charge in [-0.15, -0.1) is 54.1 Å². The third-order valence-corrected chi connectivity index (χ3v) is 9.85. The summed E-state index contributed by atoms with van der Waals surface area (Å²) in [5, 5.41) is 3.68. The minimum atomic E-state index is -1.34. The van der Waals surface area contributed by atoms with Gasteiger partial charge in [0.1, 0.15) is 5.58 Å². The van der Waals surface area contributed by atoms with Crippen LogP contribution in [0.2, 0.25) is 19.6 Å². The molecule has 0 saturated heterocycles.